The van der Waals surface area contributed by atoms with Crippen LogP contribution < -0.4 is 19.5 Å². The molecule has 4 aromatic rings. The van der Waals surface area contributed by atoms with Crippen molar-refractivity contribution in [3.8, 4) is 11.5 Å². The number of carbonyl (C=O) groups excluding carboxylic acids is 2. The quantitative estimate of drug-likeness (QED) is 0.0824. The third-order valence-corrected chi connectivity index (χ3v) is 9.95. The third-order valence-electron chi connectivity index (χ3n) is 9.30. The van der Waals surface area contributed by atoms with Crippen LogP contribution >= 0.6 is 23.2 Å². The summed E-state index contributed by atoms with van der Waals surface area (Å²) in [5.41, 5.74) is 2.65. The minimum atomic E-state index is -0.870. The number of nitrogens with zero attached hydrogens (tertiary/aromatic N) is 2. The van der Waals surface area contributed by atoms with E-state index in [4.69, 9.17) is 42.1 Å². The largest absolute Gasteiger partial charge is 0.619 e. The Labute approximate surface area is 312 Å². The summed E-state index contributed by atoms with van der Waals surface area (Å²) in [5, 5.41) is 15.4. The number of hydrogen-bond acceptors (Lipinski definition) is 9. The lowest BCUT2D eigenvalue weighted by atomic mass is 9.95. The highest BCUT2D eigenvalue weighted by molar-refractivity contribution is 6.35. The number of ether oxygens (including phenoxy) is 4. The molecular formula is C39H42Cl2FN3O7. The normalized spacial score (nSPS) is 17.2. The van der Waals surface area contributed by atoms with Crippen molar-refractivity contribution < 1.29 is 37.7 Å². The zero-order chi connectivity index (χ0) is 37.4. The van der Waals surface area contributed by atoms with Crippen molar-refractivity contribution in [1.82, 2.24) is 10.2 Å². The Kier molecular flexibility index (Phi) is 13.3. The van der Waals surface area contributed by atoms with Gasteiger partial charge in [-0.1, -0.05) is 67.4 Å². The van der Waals surface area contributed by atoms with Crippen LogP contribution in [0.5, 0.6) is 11.5 Å². The fourth-order valence-electron chi connectivity index (χ4n) is 6.12. The van der Waals surface area contributed by atoms with Crippen molar-refractivity contribution in [2.45, 2.75) is 51.5 Å². The van der Waals surface area contributed by atoms with E-state index in [-0.39, 0.29) is 40.6 Å². The number of likely N-dealkylation sites (N-methyl/N-ethyl adjacent to an activating group) is 1. The number of benzene rings is 3. The molecule has 1 aliphatic rings. The molecule has 1 aromatic heterocycles. The standard InChI is InChI=1S/C39H42Cl2FN3O7/c1-5-44-17-16-24(2)36(23-44)52-39(47)37(26-10-13-29(42)14-11-26)43-20-25-6-8-27(9-7-25)38(46)51-34(19-30-31(40)21-45(48)22-32(30)41)28-12-15-33(49-3)35(18-28)50-4/h6-15,18,21-22,24,34,36-37,43H,5,16-17,19-20,23H2,1-4H3/t24?,34-,36-,37?/m0/s1. The van der Waals surface area contributed by atoms with Crippen molar-refractivity contribution in [1.29, 1.82) is 0 Å². The van der Waals surface area contributed by atoms with E-state index in [9.17, 15) is 19.2 Å². The minimum Gasteiger partial charge on any atom is -0.619 e. The molecule has 3 aromatic carbocycles. The number of esters is 2. The summed E-state index contributed by atoms with van der Waals surface area (Å²) in [6, 6.07) is 16.8. The second-order valence-electron chi connectivity index (χ2n) is 12.7. The van der Waals surface area contributed by atoms with Gasteiger partial charge >= 0.3 is 11.9 Å². The first-order valence-corrected chi connectivity index (χ1v) is 17.7. The number of aromatic nitrogens is 1. The lowest BCUT2D eigenvalue weighted by molar-refractivity contribution is -0.605. The SMILES string of the molecule is CCN1CCC(C)[C@@H](OC(=O)C(NCc2ccc(C(=O)O[C@@H](Cc3c(Cl)c[n+]([O-])cc3Cl)c3ccc(OC)c(OC)c3)cc2)c2ccc(F)cc2)C1. The Hall–Kier alpha value is -4.42. The maximum absolute atomic E-state index is 13.8. The van der Waals surface area contributed by atoms with Gasteiger partial charge < -0.3 is 24.2 Å². The number of carbonyl (C=O) groups is 2. The summed E-state index contributed by atoms with van der Waals surface area (Å²) >= 11 is 12.8. The fraction of sp³-hybridized carbons (Fsp3) is 0.359. The van der Waals surface area contributed by atoms with E-state index in [0.717, 1.165) is 25.1 Å². The fourth-order valence-corrected chi connectivity index (χ4v) is 6.71. The predicted molar refractivity (Wildman–Crippen MR) is 195 cm³/mol. The Balaban J connectivity index is 1.32. The van der Waals surface area contributed by atoms with Gasteiger partial charge in [-0.2, -0.15) is 4.73 Å². The zero-order valence-corrected chi connectivity index (χ0v) is 31.0. The molecule has 0 spiro atoms. The third kappa shape index (κ3) is 9.71. The summed E-state index contributed by atoms with van der Waals surface area (Å²) in [6.45, 7) is 6.93. The van der Waals surface area contributed by atoms with Crippen molar-refractivity contribution in [2.24, 2.45) is 5.92 Å². The maximum Gasteiger partial charge on any atom is 0.338 e. The molecule has 10 nitrogen and oxygen atoms in total. The average Bonchev–Trinajstić information content (AvgIpc) is 3.14. The maximum atomic E-state index is 13.8. The first-order chi connectivity index (χ1) is 25.0. The van der Waals surface area contributed by atoms with Crippen molar-refractivity contribution >= 4 is 35.1 Å². The molecule has 276 valence electrons. The Morgan fingerprint density at radius 1 is 0.981 bits per heavy atom. The van der Waals surface area contributed by atoms with Crippen molar-refractivity contribution in [3.05, 3.63) is 128 Å². The molecular weight excluding hydrogens is 712 g/mol. The highest BCUT2D eigenvalue weighted by atomic mass is 35.5. The summed E-state index contributed by atoms with van der Waals surface area (Å²) in [5.74, 6) is -0.323. The Morgan fingerprint density at radius 2 is 1.63 bits per heavy atom. The molecule has 0 bridgehead atoms. The van der Waals surface area contributed by atoms with Crippen LogP contribution in [0.4, 0.5) is 4.39 Å². The molecule has 5 rings (SSSR count). The molecule has 2 heterocycles. The number of pyridine rings is 1. The first kappa shape index (κ1) is 38.8. The van der Waals surface area contributed by atoms with E-state index in [1.165, 1.54) is 38.7 Å². The molecule has 1 fully saturated rings. The second-order valence-corrected chi connectivity index (χ2v) is 13.5. The molecule has 52 heavy (non-hydrogen) atoms. The van der Waals surface area contributed by atoms with Gasteiger partial charge in [0.1, 0.15) is 34.1 Å². The number of likely N-dealkylation sites (tertiary alicyclic amines) is 1. The molecule has 1 aliphatic heterocycles. The van der Waals surface area contributed by atoms with Crippen molar-refractivity contribution in [3.63, 3.8) is 0 Å². The molecule has 4 atom stereocenters. The zero-order valence-electron chi connectivity index (χ0n) is 29.4. The predicted octanol–water partition coefficient (Wildman–Crippen LogP) is 7.03. The van der Waals surface area contributed by atoms with E-state index in [1.807, 2.05) is 0 Å². The molecule has 0 amide bonds. The van der Waals surface area contributed by atoms with E-state index in [0.29, 0.717) is 39.5 Å². The van der Waals surface area contributed by atoms with Gasteiger partial charge in [0.15, 0.2) is 23.9 Å². The van der Waals surface area contributed by atoms with Gasteiger partial charge in [0, 0.05) is 25.1 Å². The molecule has 1 saturated heterocycles. The minimum absolute atomic E-state index is 0.0682. The van der Waals surface area contributed by atoms with Gasteiger partial charge in [0.2, 0.25) is 0 Å². The molecule has 0 radical (unpaired) electrons. The number of rotatable bonds is 14. The summed E-state index contributed by atoms with van der Waals surface area (Å²) < 4.78 is 37.2. The lowest BCUT2D eigenvalue weighted by Gasteiger charge is -2.36. The van der Waals surface area contributed by atoms with Gasteiger partial charge in [-0.05, 0) is 78.5 Å². The number of nitrogens with one attached hydrogen (secondary N) is 1. The number of methoxy groups -OCH3 is 2. The van der Waals surface area contributed by atoms with Crippen LogP contribution in [-0.2, 0) is 27.2 Å². The van der Waals surface area contributed by atoms with Crippen LogP contribution in [0, 0.1) is 16.9 Å². The van der Waals surface area contributed by atoms with E-state index in [2.05, 4.69) is 24.1 Å². The number of piperidine rings is 1. The average molecular weight is 755 g/mol. The second kappa shape index (κ2) is 17.9. The van der Waals surface area contributed by atoms with Crippen LogP contribution in [0.3, 0.4) is 0 Å². The van der Waals surface area contributed by atoms with Crippen LogP contribution in [-0.4, -0.2) is 56.8 Å². The number of hydrogen-bond donors (Lipinski definition) is 1. The van der Waals surface area contributed by atoms with Crippen LogP contribution in [0.1, 0.15) is 65.0 Å². The monoisotopic (exact) mass is 753 g/mol. The van der Waals surface area contributed by atoms with Gasteiger partial charge in [-0.15, -0.1) is 0 Å². The van der Waals surface area contributed by atoms with Crippen LogP contribution in [0.15, 0.2) is 79.1 Å². The van der Waals surface area contributed by atoms with Crippen LogP contribution in [0.25, 0.3) is 0 Å². The van der Waals surface area contributed by atoms with Gasteiger partial charge in [0.25, 0.3) is 0 Å². The number of halogens is 3. The summed E-state index contributed by atoms with van der Waals surface area (Å²) in [7, 11) is 3.02. The highest BCUT2D eigenvalue weighted by Gasteiger charge is 2.32. The molecule has 1 N–H and O–H groups in total. The smallest absolute Gasteiger partial charge is 0.338 e. The lowest BCUT2D eigenvalue weighted by Crippen LogP contribution is -2.46. The summed E-state index contributed by atoms with van der Waals surface area (Å²) in [6.07, 6.45) is 2.23. The first-order valence-electron chi connectivity index (χ1n) is 17.0. The van der Waals surface area contributed by atoms with Crippen molar-refractivity contribution in [2.75, 3.05) is 33.9 Å². The van der Waals surface area contributed by atoms with Gasteiger partial charge in [-0.25, -0.2) is 14.0 Å². The van der Waals surface area contributed by atoms with Gasteiger partial charge in [-0.3, -0.25) is 10.2 Å². The van der Waals surface area contributed by atoms with E-state index >= 15 is 0 Å². The Bertz CT molecular complexity index is 1820. The molecule has 13 heteroatoms. The van der Waals surface area contributed by atoms with E-state index < -0.39 is 29.9 Å². The van der Waals surface area contributed by atoms with Gasteiger partial charge in [0.05, 0.1) is 19.8 Å². The molecule has 2 unspecified atom stereocenters. The Morgan fingerprint density at radius 3 is 2.27 bits per heavy atom. The topological polar surface area (TPSA) is 113 Å². The molecule has 0 saturated carbocycles. The van der Waals surface area contributed by atoms with Crippen LogP contribution in [0.2, 0.25) is 10.0 Å². The summed E-state index contributed by atoms with van der Waals surface area (Å²) in [4.78, 5) is 29.4. The highest BCUT2D eigenvalue weighted by Crippen LogP contribution is 2.35. The molecule has 0 aliphatic carbocycles. The van der Waals surface area contributed by atoms with E-state index in [1.54, 1.807) is 54.6 Å².